The molecule has 3 heterocycles. The largest absolute Gasteiger partial charge is 0.368 e. The average Bonchev–Trinajstić information content (AvgIpc) is 3.16. The van der Waals surface area contributed by atoms with E-state index < -0.39 is 11.5 Å². The van der Waals surface area contributed by atoms with Gasteiger partial charge in [-0.05, 0) is 24.8 Å². The van der Waals surface area contributed by atoms with Gasteiger partial charge in [-0.3, -0.25) is 9.55 Å². The first-order valence-electron chi connectivity index (χ1n) is 7.54. The highest BCUT2D eigenvalue weighted by atomic mass is 19.1. The van der Waals surface area contributed by atoms with Gasteiger partial charge < -0.3 is 5.32 Å². The molecule has 2 unspecified atom stereocenters. The molecule has 0 fully saturated rings. The van der Waals surface area contributed by atoms with Crippen LogP contribution in [0.4, 0.5) is 10.2 Å². The Morgan fingerprint density at radius 1 is 1.42 bits per heavy atom. The number of imidazole rings is 1. The van der Waals surface area contributed by atoms with Crippen LogP contribution in [0.3, 0.4) is 0 Å². The van der Waals surface area contributed by atoms with Gasteiger partial charge in [-0.25, -0.2) is 9.18 Å². The Morgan fingerprint density at radius 2 is 2.29 bits per heavy atom. The minimum Gasteiger partial charge on any atom is -0.368 e. The van der Waals surface area contributed by atoms with Gasteiger partial charge in [0.2, 0.25) is 0 Å². The van der Waals surface area contributed by atoms with E-state index >= 15 is 0 Å². The third-order valence-corrected chi connectivity index (χ3v) is 4.24. The van der Waals surface area contributed by atoms with Gasteiger partial charge in [0.05, 0.1) is 23.4 Å². The van der Waals surface area contributed by atoms with E-state index in [0.29, 0.717) is 22.8 Å². The number of halogens is 1. The Labute approximate surface area is 136 Å². The summed E-state index contributed by atoms with van der Waals surface area (Å²) < 4.78 is 15.7. The number of azo groups is 1. The third kappa shape index (κ3) is 2.06. The minimum absolute atomic E-state index is 0.163. The van der Waals surface area contributed by atoms with Gasteiger partial charge >= 0.3 is 5.69 Å². The molecule has 0 spiro atoms. The number of nitrogens with one attached hydrogen (secondary N) is 2. The Kier molecular flexibility index (Phi) is 3.27. The molecule has 0 radical (unpaired) electrons. The predicted molar refractivity (Wildman–Crippen MR) is 83.6 cm³/mol. The van der Waals surface area contributed by atoms with Crippen molar-refractivity contribution in [2.24, 2.45) is 10.2 Å². The molecule has 0 saturated heterocycles. The molecule has 0 saturated carbocycles. The normalized spacial score (nSPS) is 20.3. The third-order valence-electron chi connectivity index (χ3n) is 4.24. The topological polar surface area (TPSA) is 98.3 Å². The molecule has 120 valence electrons. The fraction of sp³-hybridized carbons (Fsp3) is 0.250. The summed E-state index contributed by atoms with van der Waals surface area (Å²) in [5.41, 5.74) is 1.02. The van der Waals surface area contributed by atoms with Crippen molar-refractivity contribution < 1.29 is 4.39 Å². The SMILES string of the molecule is N#CCCc1c(F)cccc1-n1c2c([nH]c1=O)N=NC1NC=CC21. The van der Waals surface area contributed by atoms with E-state index in [-0.39, 0.29) is 24.9 Å². The van der Waals surface area contributed by atoms with E-state index in [1.54, 1.807) is 18.3 Å². The van der Waals surface area contributed by atoms with Crippen LogP contribution < -0.4 is 11.0 Å². The number of nitriles is 1. The standard InChI is InChI=1S/C16H13FN6O/c17-11-4-1-5-12(9(11)3-2-7-18)23-13-10-6-8-19-14(10)21-22-15(13)20-16(23)24/h1,4-6,8,10,14,19H,2-3H2,(H,20,24). The monoisotopic (exact) mass is 324 g/mol. The highest BCUT2D eigenvalue weighted by Gasteiger charge is 2.35. The summed E-state index contributed by atoms with van der Waals surface area (Å²) in [5.74, 6) is -0.215. The summed E-state index contributed by atoms with van der Waals surface area (Å²) in [4.78, 5) is 15.2. The molecule has 7 nitrogen and oxygen atoms in total. The van der Waals surface area contributed by atoms with Gasteiger partial charge in [0.15, 0.2) is 12.0 Å². The lowest BCUT2D eigenvalue weighted by atomic mass is 10.0. The van der Waals surface area contributed by atoms with E-state index in [2.05, 4.69) is 20.5 Å². The molecule has 0 bridgehead atoms. The highest BCUT2D eigenvalue weighted by molar-refractivity contribution is 5.51. The van der Waals surface area contributed by atoms with E-state index in [1.165, 1.54) is 10.6 Å². The highest BCUT2D eigenvalue weighted by Crippen LogP contribution is 2.37. The second-order valence-corrected chi connectivity index (χ2v) is 5.61. The number of fused-ring (bicyclic) bond motifs is 3. The zero-order valence-electron chi connectivity index (χ0n) is 12.5. The van der Waals surface area contributed by atoms with Gasteiger partial charge in [0.25, 0.3) is 0 Å². The number of rotatable bonds is 3. The molecule has 1 aromatic carbocycles. The molecule has 2 aromatic rings. The fourth-order valence-corrected chi connectivity index (χ4v) is 3.18. The molecule has 0 amide bonds. The second kappa shape index (κ2) is 5.45. The first-order valence-corrected chi connectivity index (χ1v) is 7.54. The summed E-state index contributed by atoms with van der Waals surface area (Å²) >= 11 is 0. The Morgan fingerprint density at radius 3 is 3.12 bits per heavy atom. The van der Waals surface area contributed by atoms with Crippen LogP contribution in [-0.2, 0) is 6.42 Å². The lowest BCUT2D eigenvalue weighted by molar-refractivity contribution is 0.538. The van der Waals surface area contributed by atoms with E-state index in [9.17, 15) is 9.18 Å². The average molecular weight is 324 g/mol. The molecule has 8 heteroatoms. The zero-order valence-corrected chi connectivity index (χ0v) is 12.5. The van der Waals surface area contributed by atoms with Crippen molar-refractivity contribution in [1.29, 1.82) is 5.26 Å². The van der Waals surface area contributed by atoms with Gasteiger partial charge in [-0.15, -0.1) is 5.11 Å². The Balaban J connectivity index is 1.94. The predicted octanol–water partition coefficient (Wildman–Crippen LogP) is 2.38. The summed E-state index contributed by atoms with van der Waals surface area (Å²) in [6.45, 7) is 0. The maximum Gasteiger partial charge on any atom is 0.332 e. The smallest absolute Gasteiger partial charge is 0.332 e. The van der Waals surface area contributed by atoms with Crippen LogP contribution in [0.25, 0.3) is 5.69 Å². The molecule has 2 aliphatic heterocycles. The van der Waals surface area contributed by atoms with Crippen LogP contribution in [0, 0.1) is 17.1 Å². The Hall–Kier alpha value is -3.21. The van der Waals surface area contributed by atoms with Crippen molar-refractivity contribution in [3.63, 3.8) is 0 Å². The van der Waals surface area contributed by atoms with E-state index in [0.717, 1.165) is 0 Å². The number of aromatic amines is 1. The number of nitrogens with zero attached hydrogens (tertiary/aromatic N) is 4. The van der Waals surface area contributed by atoms with E-state index in [4.69, 9.17) is 5.26 Å². The van der Waals surface area contributed by atoms with Crippen LogP contribution in [0.15, 0.2) is 45.5 Å². The summed E-state index contributed by atoms with van der Waals surface area (Å²) in [5, 5.41) is 20.1. The molecule has 24 heavy (non-hydrogen) atoms. The summed E-state index contributed by atoms with van der Waals surface area (Å²) in [6.07, 6.45) is 3.81. The quantitative estimate of drug-likeness (QED) is 0.907. The molecule has 0 aliphatic carbocycles. The van der Waals surface area contributed by atoms with Crippen molar-refractivity contribution in [3.05, 3.63) is 58.0 Å². The van der Waals surface area contributed by atoms with Crippen molar-refractivity contribution in [1.82, 2.24) is 14.9 Å². The lowest BCUT2D eigenvalue weighted by Crippen LogP contribution is -2.27. The lowest BCUT2D eigenvalue weighted by Gasteiger charge is -2.21. The van der Waals surface area contributed by atoms with Gasteiger partial charge in [0, 0.05) is 12.0 Å². The van der Waals surface area contributed by atoms with Gasteiger partial charge in [0.1, 0.15) is 5.82 Å². The van der Waals surface area contributed by atoms with Gasteiger partial charge in [-0.1, -0.05) is 12.1 Å². The Bertz CT molecular complexity index is 964. The number of aromatic nitrogens is 2. The van der Waals surface area contributed by atoms with Crippen molar-refractivity contribution >= 4 is 5.82 Å². The van der Waals surface area contributed by atoms with Crippen molar-refractivity contribution in [3.8, 4) is 11.8 Å². The minimum atomic E-state index is -0.432. The summed E-state index contributed by atoms with van der Waals surface area (Å²) in [7, 11) is 0. The van der Waals surface area contributed by atoms with E-state index in [1.807, 2.05) is 12.1 Å². The second-order valence-electron chi connectivity index (χ2n) is 5.61. The maximum absolute atomic E-state index is 14.3. The molecule has 1 aromatic heterocycles. The van der Waals surface area contributed by atoms with Crippen molar-refractivity contribution in [2.45, 2.75) is 24.9 Å². The molecule has 2 aliphatic rings. The van der Waals surface area contributed by atoms with Crippen LogP contribution in [0.5, 0.6) is 0 Å². The first-order chi connectivity index (χ1) is 11.7. The van der Waals surface area contributed by atoms with Crippen LogP contribution >= 0.6 is 0 Å². The van der Waals surface area contributed by atoms with Crippen molar-refractivity contribution in [2.75, 3.05) is 0 Å². The number of hydrogen-bond donors (Lipinski definition) is 2. The van der Waals surface area contributed by atoms with Gasteiger partial charge in [-0.2, -0.15) is 10.4 Å². The molecule has 4 rings (SSSR count). The number of H-pyrrole nitrogens is 1. The summed E-state index contributed by atoms with van der Waals surface area (Å²) in [6, 6.07) is 6.58. The zero-order chi connectivity index (χ0) is 16.7. The molecule has 2 N–H and O–H groups in total. The number of benzene rings is 1. The van der Waals surface area contributed by atoms with Crippen LogP contribution in [0.1, 0.15) is 23.6 Å². The molecular formula is C16H13FN6O. The maximum atomic E-state index is 14.3. The molecular weight excluding hydrogens is 311 g/mol. The first kappa shape index (κ1) is 14.4. The fourth-order valence-electron chi connectivity index (χ4n) is 3.18. The van der Waals surface area contributed by atoms with Crippen LogP contribution in [0.2, 0.25) is 0 Å². The molecule has 2 atom stereocenters. The van der Waals surface area contributed by atoms with Crippen LogP contribution in [-0.4, -0.2) is 15.7 Å². The number of hydrogen-bond acceptors (Lipinski definition) is 5.